The molecule has 0 aromatic heterocycles. The third kappa shape index (κ3) is 7.31. The summed E-state index contributed by atoms with van der Waals surface area (Å²) in [6, 6.07) is 11.6. The van der Waals surface area contributed by atoms with Gasteiger partial charge in [0.05, 0.1) is 13.2 Å². The van der Waals surface area contributed by atoms with E-state index in [9.17, 15) is 14.9 Å². The van der Waals surface area contributed by atoms with E-state index < -0.39 is 11.9 Å². The van der Waals surface area contributed by atoms with E-state index in [1.54, 1.807) is 50.2 Å². The number of halogens is 2. The highest BCUT2D eigenvalue weighted by Gasteiger charge is 2.15. The van der Waals surface area contributed by atoms with Gasteiger partial charge in [-0.25, -0.2) is 4.79 Å². The van der Waals surface area contributed by atoms with Crippen molar-refractivity contribution in [1.82, 2.24) is 0 Å². The van der Waals surface area contributed by atoms with Crippen molar-refractivity contribution in [2.24, 2.45) is 0 Å². The Kier molecular flexibility index (Phi) is 9.38. The molecule has 1 N–H and O–H groups in total. The highest BCUT2D eigenvalue weighted by molar-refractivity contribution is 9.10. The van der Waals surface area contributed by atoms with E-state index >= 15 is 0 Å². The molecule has 0 aliphatic carbocycles. The molecule has 0 aliphatic rings. The number of rotatable bonds is 9. The van der Waals surface area contributed by atoms with E-state index in [0.717, 1.165) is 0 Å². The van der Waals surface area contributed by atoms with Crippen LogP contribution in [-0.4, -0.2) is 31.7 Å². The van der Waals surface area contributed by atoms with Gasteiger partial charge in [-0.1, -0.05) is 27.5 Å². The van der Waals surface area contributed by atoms with Crippen LogP contribution < -0.4 is 14.8 Å². The lowest BCUT2D eigenvalue weighted by molar-refractivity contribution is -0.145. The SMILES string of the molecule is CCOC(=O)COc1cc(Br)c(/C=C(\C#N)C(=O)Nc2ccc(Cl)cc2)cc1OCC. The van der Waals surface area contributed by atoms with Crippen LogP contribution in [0.15, 0.2) is 46.4 Å². The van der Waals surface area contributed by atoms with E-state index in [0.29, 0.717) is 38.9 Å². The van der Waals surface area contributed by atoms with Crippen molar-refractivity contribution in [1.29, 1.82) is 5.26 Å². The first-order chi connectivity index (χ1) is 14.9. The summed E-state index contributed by atoms with van der Waals surface area (Å²) in [4.78, 5) is 24.1. The van der Waals surface area contributed by atoms with Gasteiger partial charge in [0.25, 0.3) is 5.91 Å². The molecule has 0 aliphatic heterocycles. The van der Waals surface area contributed by atoms with Crippen molar-refractivity contribution in [3.05, 3.63) is 57.0 Å². The number of hydrogen-bond donors (Lipinski definition) is 1. The molecule has 0 spiro atoms. The number of carbonyl (C=O) groups excluding carboxylic acids is 2. The number of hydrogen-bond acceptors (Lipinski definition) is 6. The maximum absolute atomic E-state index is 12.5. The molecule has 2 aromatic rings. The van der Waals surface area contributed by atoms with Crippen LogP contribution >= 0.6 is 27.5 Å². The number of benzene rings is 2. The van der Waals surface area contributed by atoms with Gasteiger partial charge in [0, 0.05) is 15.2 Å². The number of nitriles is 1. The third-order valence-electron chi connectivity index (χ3n) is 3.78. The first-order valence-electron chi connectivity index (χ1n) is 9.31. The summed E-state index contributed by atoms with van der Waals surface area (Å²) in [6.07, 6.45) is 1.42. The maximum Gasteiger partial charge on any atom is 0.344 e. The lowest BCUT2D eigenvalue weighted by Crippen LogP contribution is -2.15. The Bertz CT molecular complexity index is 1020. The monoisotopic (exact) mass is 506 g/mol. The molecule has 0 unspecified atom stereocenters. The van der Waals surface area contributed by atoms with Crippen LogP contribution in [-0.2, 0) is 14.3 Å². The molecule has 0 radical (unpaired) electrons. The molecule has 9 heteroatoms. The number of carbonyl (C=O) groups is 2. The smallest absolute Gasteiger partial charge is 0.344 e. The summed E-state index contributed by atoms with van der Waals surface area (Å²) in [7, 11) is 0. The highest BCUT2D eigenvalue weighted by Crippen LogP contribution is 2.35. The molecule has 0 saturated heterocycles. The Morgan fingerprint density at radius 3 is 2.42 bits per heavy atom. The first kappa shape index (κ1) is 24.3. The summed E-state index contributed by atoms with van der Waals surface area (Å²) in [5.41, 5.74) is 0.917. The van der Waals surface area contributed by atoms with Crippen LogP contribution in [0.5, 0.6) is 11.5 Å². The molecule has 7 nitrogen and oxygen atoms in total. The fraction of sp³-hybridized carbons (Fsp3) is 0.227. The third-order valence-corrected chi connectivity index (χ3v) is 4.72. The molecule has 0 fully saturated rings. The predicted octanol–water partition coefficient (Wildman–Crippen LogP) is 4.99. The largest absolute Gasteiger partial charge is 0.490 e. The Hall–Kier alpha value is -3.02. The second kappa shape index (κ2) is 12.0. The van der Waals surface area contributed by atoms with Crippen molar-refractivity contribution < 1.29 is 23.8 Å². The fourth-order valence-corrected chi connectivity index (χ4v) is 2.98. The molecule has 0 heterocycles. The summed E-state index contributed by atoms with van der Waals surface area (Å²) in [6.45, 7) is 3.83. The Balaban J connectivity index is 2.27. The van der Waals surface area contributed by atoms with E-state index in [1.807, 2.05) is 6.07 Å². The van der Waals surface area contributed by atoms with Crippen molar-refractivity contribution >= 4 is 51.2 Å². The number of amides is 1. The van der Waals surface area contributed by atoms with Crippen LogP contribution in [0.3, 0.4) is 0 Å². The van der Waals surface area contributed by atoms with Crippen molar-refractivity contribution in [3.63, 3.8) is 0 Å². The topological polar surface area (TPSA) is 97.7 Å². The van der Waals surface area contributed by atoms with Gasteiger partial charge in [0.15, 0.2) is 18.1 Å². The van der Waals surface area contributed by atoms with Crippen LogP contribution in [0.25, 0.3) is 6.08 Å². The highest BCUT2D eigenvalue weighted by atomic mass is 79.9. The summed E-state index contributed by atoms with van der Waals surface area (Å²) in [5.74, 6) is -0.396. The average molecular weight is 508 g/mol. The lowest BCUT2D eigenvalue weighted by atomic mass is 10.1. The molecule has 31 heavy (non-hydrogen) atoms. The number of nitrogens with zero attached hydrogens (tertiary/aromatic N) is 1. The van der Waals surface area contributed by atoms with E-state index in [-0.39, 0.29) is 18.8 Å². The van der Waals surface area contributed by atoms with Gasteiger partial charge in [-0.15, -0.1) is 0 Å². The summed E-state index contributed by atoms with van der Waals surface area (Å²) in [5, 5.41) is 12.6. The van der Waals surface area contributed by atoms with Gasteiger partial charge >= 0.3 is 5.97 Å². The maximum atomic E-state index is 12.5. The summed E-state index contributed by atoms with van der Waals surface area (Å²) >= 11 is 9.24. The number of anilines is 1. The van der Waals surface area contributed by atoms with Crippen molar-refractivity contribution in [3.8, 4) is 17.6 Å². The van der Waals surface area contributed by atoms with E-state index in [2.05, 4.69) is 21.2 Å². The Labute approximate surface area is 193 Å². The van der Waals surface area contributed by atoms with Gasteiger partial charge < -0.3 is 19.5 Å². The summed E-state index contributed by atoms with van der Waals surface area (Å²) < 4.78 is 16.5. The Morgan fingerprint density at radius 2 is 1.81 bits per heavy atom. The zero-order valence-corrected chi connectivity index (χ0v) is 19.2. The van der Waals surface area contributed by atoms with Gasteiger partial charge in [0.1, 0.15) is 11.6 Å². The normalized spacial score (nSPS) is 10.7. The minimum atomic E-state index is -0.572. The van der Waals surface area contributed by atoms with Crippen LogP contribution in [0, 0.1) is 11.3 Å². The van der Waals surface area contributed by atoms with Crippen molar-refractivity contribution in [2.75, 3.05) is 25.1 Å². The van der Waals surface area contributed by atoms with Crippen molar-refractivity contribution in [2.45, 2.75) is 13.8 Å². The minimum Gasteiger partial charge on any atom is -0.490 e. The van der Waals surface area contributed by atoms with E-state index in [1.165, 1.54) is 6.08 Å². The van der Waals surface area contributed by atoms with Crippen LogP contribution in [0.2, 0.25) is 5.02 Å². The second-order valence-electron chi connectivity index (χ2n) is 5.98. The van der Waals surface area contributed by atoms with Gasteiger partial charge in [0.2, 0.25) is 0 Å². The number of ether oxygens (including phenoxy) is 3. The predicted molar refractivity (Wildman–Crippen MR) is 121 cm³/mol. The van der Waals surface area contributed by atoms with Crippen LogP contribution in [0.4, 0.5) is 5.69 Å². The number of nitrogens with one attached hydrogen (secondary N) is 1. The van der Waals surface area contributed by atoms with Crippen LogP contribution in [0.1, 0.15) is 19.4 Å². The van der Waals surface area contributed by atoms with Gasteiger partial charge in [-0.2, -0.15) is 5.26 Å². The zero-order chi connectivity index (χ0) is 22.8. The fourth-order valence-electron chi connectivity index (χ4n) is 2.42. The number of esters is 1. The van der Waals surface area contributed by atoms with Gasteiger partial charge in [-0.3, -0.25) is 4.79 Å². The quantitative estimate of drug-likeness (QED) is 0.292. The molecule has 2 rings (SSSR count). The van der Waals surface area contributed by atoms with Gasteiger partial charge in [-0.05, 0) is 61.9 Å². The molecular formula is C22H20BrClN2O5. The molecule has 1 amide bonds. The molecule has 0 saturated carbocycles. The zero-order valence-electron chi connectivity index (χ0n) is 16.9. The average Bonchev–Trinajstić information content (AvgIpc) is 2.74. The standard InChI is InChI=1S/C22H20BrClN2O5/c1-3-29-19-10-14(18(23)11-20(19)31-13-21(27)30-4-2)9-15(12-25)22(28)26-17-7-5-16(24)6-8-17/h5-11H,3-4,13H2,1-2H3,(H,26,28)/b15-9+. The lowest BCUT2D eigenvalue weighted by Gasteiger charge is -2.14. The molecule has 2 aromatic carbocycles. The van der Waals surface area contributed by atoms with E-state index in [4.69, 9.17) is 25.8 Å². The molecule has 0 atom stereocenters. The molecule has 0 bridgehead atoms. The first-order valence-corrected chi connectivity index (χ1v) is 10.5. The molecule has 162 valence electrons. The Morgan fingerprint density at radius 1 is 1.13 bits per heavy atom. The molecular weight excluding hydrogens is 488 g/mol. The second-order valence-corrected chi connectivity index (χ2v) is 7.27. The minimum absolute atomic E-state index is 0.113.